The number of allylic oxidation sites excluding steroid dienone is 8. The largest absolute Gasteiger partial charge is 0.462 e. The lowest BCUT2D eigenvalue weighted by Crippen LogP contribution is -2.46. The van der Waals surface area contributed by atoms with Crippen molar-refractivity contribution in [1.29, 1.82) is 0 Å². The zero-order valence-corrected chi connectivity index (χ0v) is 39.8. The van der Waals surface area contributed by atoms with E-state index < -0.39 is 18.2 Å². The molecule has 0 aromatic heterocycles. The van der Waals surface area contributed by atoms with Crippen molar-refractivity contribution >= 4 is 11.9 Å². The molecular formula is C54H99NO5. The standard InChI is InChI=1S/C54H99NO5/c1-4-7-10-13-16-19-22-25-26-27-29-31-34-37-40-43-46-52(57)51(49-56)55-53(58)48-50(45-42-39-36-33-30-24-21-18-15-12-9-6-3)60-54(59)47-44-41-38-35-32-28-23-20-17-14-11-8-5-2/h9,12,18,21,28,30,32-33,50-52,56-57H,4-8,10-11,13-17,19-20,22-27,29,31,34-49H2,1-3H3,(H,55,58)/b12-9+,21-18+,32-28-,33-30+. The highest BCUT2D eigenvalue weighted by atomic mass is 16.5. The topological polar surface area (TPSA) is 95.9 Å². The van der Waals surface area contributed by atoms with Crippen LogP contribution in [0.25, 0.3) is 0 Å². The van der Waals surface area contributed by atoms with Gasteiger partial charge in [0.15, 0.2) is 0 Å². The molecule has 0 saturated heterocycles. The Morgan fingerprint density at radius 2 is 0.900 bits per heavy atom. The van der Waals surface area contributed by atoms with E-state index in [1.54, 1.807) is 0 Å². The molecule has 0 spiro atoms. The van der Waals surface area contributed by atoms with E-state index in [0.29, 0.717) is 19.3 Å². The third-order valence-electron chi connectivity index (χ3n) is 11.6. The lowest BCUT2D eigenvalue weighted by Gasteiger charge is -2.24. The number of amides is 1. The van der Waals surface area contributed by atoms with Crippen LogP contribution in [0.4, 0.5) is 0 Å². The van der Waals surface area contributed by atoms with Crippen LogP contribution >= 0.6 is 0 Å². The van der Waals surface area contributed by atoms with Crippen molar-refractivity contribution in [2.24, 2.45) is 0 Å². The molecule has 0 heterocycles. The third-order valence-corrected chi connectivity index (χ3v) is 11.6. The quantitative estimate of drug-likeness (QED) is 0.0322. The number of aliphatic hydroxyl groups is 2. The van der Waals surface area contributed by atoms with Crippen molar-refractivity contribution in [1.82, 2.24) is 5.32 Å². The molecule has 0 radical (unpaired) electrons. The van der Waals surface area contributed by atoms with Crippen molar-refractivity contribution in [3.05, 3.63) is 48.6 Å². The van der Waals surface area contributed by atoms with Gasteiger partial charge >= 0.3 is 5.97 Å². The summed E-state index contributed by atoms with van der Waals surface area (Å²) in [5, 5.41) is 23.8. The van der Waals surface area contributed by atoms with Gasteiger partial charge in [0.25, 0.3) is 0 Å². The van der Waals surface area contributed by atoms with Gasteiger partial charge in [-0.05, 0) is 83.5 Å². The molecular weight excluding hydrogens is 743 g/mol. The van der Waals surface area contributed by atoms with Gasteiger partial charge in [-0.1, -0.05) is 211 Å². The number of hydrogen-bond acceptors (Lipinski definition) is 5. The molecule has 60 heavy (non-hydrogen) atoms. The average Bonchev–Trinajstić information content (AvgIpc) is 3.24. The molecule has 0 rings (SSSR count). The van der Waals surface area contributed by atoms with Crippen LogP contribution in [0.1, 0.15) is 258 Å². The second-order valence-corrected chi connectivity index (χ2v) is 17.5. The predicted octanol–water partition coefficient (Wildman–Crippen LogP) is 15.5. The fourth-order valence-corrected chi connectivity index (χ4v) is 7.73. The summed E-state index contributed by atoms with van der Waals surface area (Å²) >= 11 is 0. The highest BCUT2D eigenvalue weighted by molar-refractivity contribution is 5.77. The van der Waals surface area contributed by atoms with E-state index in [-0.39, 0.29) is 24.9 Å². The lowest BCUT2D eigenvalue weighted by atomic mass is 10.0. The van der Waals surface area contributed by atoms with Crippen molar-refractivity contribution in [2.45, 2.75) is 277 Å². The molecule has 0 aromatic rings. The second kappa shape index (κ2) is 47.9. The fraction of sp³-hybridized carbons (Fsp3) is 0.815. The molecule has 1 amide bonds. The van der Waals surface area contributed by atoms with Gasteiger partial charge in [0.2, 0.25) is 5.91 Å². The van der Waals surface area contributed by atoms with E-state index in [2.05, 4.69) is 74.7 Å². The number of carbonyl (C=O) groups excluding carboxylic acids is 2. The molecule has 0 aromatic carbocycles. The van der Waals surface area contributed by atoms with Crippen LogP contribution in [-0.4, -0.2) is 46.9 Å². The summed E-state index contributed by atoms with van der Waals surface area (Å²) in [4.78, 5) is 26.1. The number of carbonyl (C=O) groups is 2. The maximum Gasteiger partial charge on any atom is 0.306 e. The molecule has 3 unspecified atom stereocenters. The summed E-state index contributed by atoms with van der Waals surface area (Å²) in [5.41, 5.74) is 0. The predicted molar refractivity (Wildman–Crippen MR) is 259 cm³/mol. The number of rotatable bonds is 46. The zero-order chi connectivity index (χ0) is 43.8. The Bertz CT molecular complexity index is 1040. The zero-order valence-electron chi connectivity index (χ0n) is 39.8. The molecule has 6 heteroatoms. The van der Waals surface area contributed by atoms with Crippen LogP contribution < -0.4 is 5.32 Å². The first-order valence-electron chi connectivity index (χ1n) is 25.9. The molecule has 0 saturated carbocycles. The highest BCUT2D eigenvalue weighted by Gasteiger charge is 2.24. The van der Waals surface area contributed by atoms with Crippen LogP contribution in [0.3, 0.4) is 0 Å². The minimum atomic E-state index is -0.800. The van der Waals surface area contributed by atoms with Gasteiger partial charge in [0.1, 0.15) is 6.10 Å². The van der Waals surface area contributed by atoms with Gasteiger partial charge in [-0.2, -0.15) is 0 Å². The van der Waals surface area contributed by atoms with Crippen LogP contribution in [0.5, 0.6) is 0 Å². The Morgan fingerprint density at radius 1 is 0.500 bits per heavy atom. The van der Waals surface area contributed by atoms with E-state index >= 15 is 0 Å². The summed E-state index contributed by atoms with van der Waals surface area (Å²) in [6.07, 6.45) is 57.5. The summed E-state index contributed by atoms with van der Waals surface area (Å²) in [7, 11) is 0. The summed E-state index contributed by atoms with van der Waals surface area (Å²) in [6, 6.07) is -0.716. The molecule has 350 valence electrons. The van der Waals surface area contributed by atoms with E-state index in [1.807, 2.05) is 0 Å². The van der Waals surface area contributed by atoms with Gasteiger partial charge in [0.05, 0.1) is 25.2 Å². The SMILES string of the molecule is CC/C=C/C/C=C/C/C=C/CCCCC(CC(=O)NC(CO)C(O)CCCCCCCCCCCCCCCCCC)OC(=O)CCCCC/C=C\CCCCCCCC. The van der Waals surface area contributed by atoms with Crippen LogP contribution in [0.2, 0.25) is 0 Å². The van der Waals surface area contributed by atoms with Gasteiger partial charge in [-0.15, -0.1) is 0 Å². The monoisotopic (exact) mass is 842 g/mol. The van der Waals surface area contributed by atoms with Crippen molar-refractivity contribution in [3.8, 4) is 0 Å². The highest BCUT2D eigenvalue weighted by Crippen LogP contribution is 2.17. The maximum atomic E-state index is 13.2. The summed E-state index contributed by atoms with van der Waals surface area (Å²) in [6.45, 7) is 6.36. The maximum absolute atomic E-state index is 13.2. The molecule has 0 aliphatic heterocycles. The smallest absolute Gasteiger partial charge is 0.306 e. The number of hydrogen-bond donors (Lipinski definition) is 3. The van der Waals surface area contributed by atoms with Gasteiger partial charge in [-0.3, -0.25) is 9.59 Å². The number of aliphatic hydroxyl groups excluding tert-OH is 2. The van der Waals surface area contributed by atoms with Gasteiger partial charge in [-0.25, -0.2) is 0 Å². The Balaban J connectivity index is 4.57. The van der Waals surface area contributed by atoms with E-state index in [1.165, 1.54) is 122 Å². The number of nitrogens with one attached hydrogen (secondary N) is 1. The van der Waals surface area contributed by atoms with Crippen molar-refractivity contribution in [3.63, 3.8) is 0 Å². The Hall–Kier alpha value is -2.18. The molecule has 0 aliphatic rings. The Labute approximate surface area is 372 Å². The van der Waals surface area contributed by atoms with E-state index in [0.717, 1.165) is 89.9 Å². The van der Waals surface area contributed by atoms with Crippen molar-refractivity contribution < 1.29 is 24.5 Å². The minimum Gasteiger partial charge on any atom is -0.462 e. The minimum absolute atomic E-state index is 0.0461. The van der Waals surface area contributed by atoms with Crippen LogP contribution in [-0.2, 0) is 14.3 Å². The van der Waals surface area contributed by atoms with E-state index in [9.17, 15) is 19.8 Å². The van der Waals surface area contributed by atoms with Crippen LogP contribution in [0.15, 0.2) is 48.6 Å². The van der Waals surface area contributed by atoms with E-state index in [4.69, 9.17) is 4.74 Å². The normalized spacial score (nSPS) is 13.6. The van der Waals surface area contributed by atoms with Gasteiger partial charge in [0, 0.05) is 6.42 Å². The average molecular weight is 842 g/mol. The molecule has 3 N–H and O–H groups in total. The third kappa shape index (κ3) is 42.5. The molecule has 6 nitrogen and oxygen atoms in total. The summed E-state index contributed by atoms with van der Waals surface area (Å²) < 4.78 is 5.90. The first-order chi connectivity index (χ1) is 29.5. The molecule has 0 fully saturated rings. The van der Waals surface area contributed by atoms with Crippen molar-refractivity contribution in [2.75, 3.05) is 6.61 Å². The molecule has 3 atom stereocenters. The Kier molecular flexibility index (Phi) is 46.1. The van der Waals surface area contributed by atoms with Crippen LogP contribution in [0, 0.1) is 0 Å². The Morgan fingerprint density at radius 3 is 1.40 bits per heavy atom. The first kappa shape index (κ1) is 57.8. The summed E-state index contributed by atoms with van der Waals surface area (Å²) in [5.74, 6) is -0.528. The number of unbranched alkanes of at least 4 members (excludes halogenated alkanes) is 26. The number of ether oxygens (including phenoxy) is 1. The van der Waals surface area contributed by atoms with Gasteiger partial charge < -0.3 is 20.3 Å². The fourth-order valence-electron chi connectivity index (χ4n) is 7.73. The molecule has 0 bridgehead atoms. The number of esters is 1. The lowest BCUT2D eigenvalue weighted by molar-refractivity contribution is -0.151. The molecule has 0 aliphatic carbocycles. The first-order valence-corrected chi connectivity index (χ1v) is 25.9. The second-order valence-electron chi connectivity index (χ2n) is 17.5.